The molecule has 0 aliphatic carbocycles. The Kier molecular flexibility index (Phi) is 4.99. The summed E-state index contributed by atoms with van der Waals surface area (Å²) in [6, 6.07) is 1.60. The molecule has 0 spiro atoms. The predicted octanol–water partition coefficient (Wildman–Crippen LogP) is 3.47. The Bertz CT molecular complexity index is 800. The highest BCUT2D eigenvalue weighted by Gasteiger charge is 2.32. The van der Waals surface area contributed by atoms with Crippen molar-refractivity contribution in [1.29, 1.82) is 0 Å². The summed E-state index contributed by atoms with van der Waals surface area (Å²) in [5, 5.41) is 5.41. The fourth-order valence-corrected chi connectivity index (χ4v) is 3.39. The maximum absolute atomic E-state index is 12.8. The van der Waals surface area contributed by atoms with Crippen LogP contribution in [0.1, 0.15) is 50.9 Å². The lowest BCUT2D eigenvalue weighted by atomic mass is 10.0. The van der Waals surface area contributed by atoms with Crippen LogP contribution < -0.4 is 5.69 Å². The van der Waals surface area contributed by atoms with Gasteiger partial charge in [0.15, 0.2) is 5.82 Å². The van der Waals surface area contributed by atoms with E-state index in [0.29, 0.717) is 34.1 Å². The average Bonchev–Trinajstić information content (AvgIpc) is 3.06. The van der Waals surface area contributed by atoms with Gasteiger partial charge in [0.05, 0.1) is 22.3 Å². The van der Waals surface area contributed by atoms with Crippen LogP contribution in [0.5, 0.6) is 0 Å². The molecule has 0 aromatic carbocycles. The Labute approximate surface area is 150 Å². The number of hydrogen-bond donors (Lipinski definition) is 0. The number of nitrogens with zero attached hydrogens (tertiary/aromatic N) is 4. The van der Waals surface area contributed by atoms with Gasteiger partial charge >= 0.3 is 5.69 Å². The van der Waals surface area contributed by atoms with Gasteiger partial charge in [-0.15, -0.1) is 0 Å². The summed E-state index contributed by atoms with van der Waals surface area (Å²) >= 11 is 12.0. The van der Waals surface area contributed by atoms with Crippen molar-refractivity contribution >= 4 is 23.2 Å². The zero-order chi connectivity index (χ0) is 17.4. The van der Waals surface area contributed by atoms with E-state index < -0.39 is 0 Å². The van der Waals surface area contributed by atoms with Crippen molar-refractivity contribution in [3.05, 3.63) is 44.3 Å². The number of ether oxygens (including phenoxy) is 1. The van der Waals surface area contributed by atoms with Gasteiger partial charge in [-0.3, -0.25) is 9.55 Å². The summed E-state index contributed by atoms with van der Waals surface area (Å²) in [7, 11) is 0. The third-order valence-corrected chi connectivity index (χ3v) is 4.77. The number of aromatic nitrogens is 4. The Morgan fingerprint density at radius 1 is 1.42 bits per heavy atom. The lowest BCUT2D eigenvalue weighted by Gasteiger charge is -2.16. The summed E-state index contributed by atoms with van der Waals surface area (Å²) in [6.45, 7) is 6.93. The Morgan fingerprint density at radius 3 is 2.75 bits per heavy atom. The van der Waals surface area contributed by atoms with Crippen LogP contribution in [0.2, 0.25) is 10.0 Å². The minimum atomic E-state index is -0.185. The Balaban J connectivity index is 2.01. The molecule has 6 nitrogen and oxygen atoms in total. The first kappa shape index (κ1) is 17.5. The van der Waals surface area contributed by atoms with Crippen LogP contribution >= 0.6 is 23.2 Å². The predicted molar refractivity (Wildman–Crippen MR) is 92.7 cm³/mol. The van der Waals surface area contributed by atoms with Gasteiger partial charge in [0.1, 0.15) is 6.10 Å². The molecule has 130 valence electrons. The first-order valence-corrected chi connectivity index (χ1v) is 8.74. The van der Waals surface area contributed by atoms with Crippen molar-refractivity contribution < 1.29 is 4.74 Å². The zero-order valence-electron chi connectivity index (χ0n) is 13.9. The second kappa shape index (κ2) is 6.86. The summed E-state index contributed by atoms with van der Waals surface area (Å²) in [5.41, 5.74) is 0.374. The van der Waals surface area contributed by atoms with Gasteiger partial charge in [0.2, 0.25) is 0 Å². The van der Waals surface area contributed by atoms with E-state index in [-0.39, 0.29) is 24.4 Å². The summed E-state index contributed by atoms with van der Waals surface area (Å²) in [6.07, 6.45) is 2.32. The molecule has 0 radical (unpaired) electrons. The maximum Gasteiger partial charge on any atom is 0.346 e. The molecule has 1 aliphatic heterocycles. The van der Waals surface area contributed by atoms with Crippen molar-refractivity contribution in [2.24, 2.45) is 5.92 Å². The first-order valence-electron chi connectivity index (χ1n) is 7.99. The molecule has 1 aliphatic rings. The lowest BCUT2D eigenvalue weighted by Crippen LogP contribution is -2.28. The number of pyridine rings is 1. The highest BCUT2D eigenvalue weighted by Crippen LogP contribution is 2.33. The molecule has 2 aromatic rings. The molecule has 0 bridgehead atoms. The summed E-state index contributed by atoms with van der Waals surface area (Å²) in [4.78, 5) is 17.0. The van der Waals surface area contributed by atoms with Crippen LogP contribution in [-0.2, 0) is 11.3 Å². The van der Waals surface area contributed by atoms with Crippen LogP contribution in [0.4, 0.5) is 0 Å². The van der Waals surface area contributed by atoms with Gasteiger partial charge in [-0.1, -0.05) is 30.1 Å². The van der Waals surface area contributed by atoms with E-state index in [4.69, 9.17) is 27.9 Å². The van der Waals surface area contributed by atoms with Crippen molar-refractivity contribution in [2.75, 3.05) is 6.61 Å². The van der Waals surface area contributed by atoms with Crippen LogP contribution in [0, 0.1) is 5.92 Å². The normalized spacial score (nSPS) is 20.9. The third kappa shape index (κ3) is 3.23. The SMILES string of the molecule is CC(C)n1c([C@H]2OCC[C@H]2C)nn(Cc2ncc(Cl)cc2Cl)c1=O. The van der Waals surface area contributed by atoms with Gasteiger partial charge in [-0.05, 0) is 32.3 Å². The maximum atomic E-state index is 12.8. The largest absolute Gasteiger partial charge is 0.370 e. The molecular formula is C16H20Cl2N4O2. The van der Waals surface area contributed by atoms with E-state index >= 15 is 0 Å². The standard InChI is InChI=1S/C16H20Cl2N4O2/c1-9(2)22-15(14-10(3)4-5-24-14)20-21(16(22)23)8-13-12(18)6-11(17)7-19-13/h6-7,9-10,14H,4-5,8H2,1-3H3/t10-,14+/m1/s1. The molecule has 1 fully saturated rings. The van der Waals surface area contributed by atoms with E-state index in [9.17, 15) is 4.79 Å². The van der Waals surface area contributed by atoms with E-state index in [2.05, 4.69) is 17.0 Å². The van der Waals surface area contributed by atoms with Crippen molar-refractivity contribution in [3.8, 4) is 0 Å². The minimum Gasteiger partial charge on any atom is -0.370 e. The molecule has 8 heteroatoms. The van der Waals surface area contributed by atoms with E-state index in [1.165, 1.54) is 10.9 Å². The Morgan fingerprint density at radius 2 is 2.17 bits per heavy atom. The molecule has 0 unspecified atom stereocenters. The van der Waals surface area contributed by atoms with Crippen molar-refractivity contribution in [2.45, 2.75) is 45.9 Å². The van der Waals surface area contributed by atoms with Crippen LogP contribution in [0.25, 0.3) is 0 Å². The quantitative estimate of drug-likeness (QED) is 0.826. The van der Waals surface area contributed by atoms with Gasteiger partial charge in [0, 0.05) is 18.8 Å². The molecule has 0 N–H and O–H groups in total. The van der Waals surface area contributed by atoms with E-state index in [1.54, 1.807) is 10.6 Å². The van der Waals surface area contributed by atoms with Gasteiger partial charge in [0.25, 0.3) is 0 Å². The average molecular weight is 371 g/mol. The topological polar surface area (TPSA) is 61.9 Å². The molecular weight excluding hydrogens is 351 g/mol. The number of hydrogen-bond acceptors (Lipinski definition) is 4. The second-order valence-corrected chi connectivity index (χ2v) is 7.25. The summed E-state index contributed by atoms with van der Waals surface area (Å²) < 4.78 is 8.89. The number of rotatable bonds is 4. The first-order chi connectivity index (χ1) is 11.4. The highest BCUT2D eigenvalue weighted by atomic mass is 35.5. The molecule has 3 heterocycles. The molecule has 2 aromatic heterocycles. The highest BCUT2D eigenvalue weighted by molar-refractivity contribution is 6.34. The van der Waals surface area contributed by atoms with Gasteiger partial charge in [-0.25, -0.2) is 9.48 Å². The number of halogens is 2. The second-order valence-electron chi connectivity index (χ2n) is 6.40. The molecule has 1 saturated heterocycles. The molecule has 0 amide bonds. The Hall–Kier alpha value is -1.37. The van der Waals surface area contributed by atoms with Crippen molar-refractivity contribution in [1.82, 2.24) is 19.3 Å². The smallest absolute Gasteiger partial charge is 0.346 e. The van der Waals surface area contributed by atoms with Crippen LogP contribution in [0.15, 0.2) is 17.1 Å². The molecule has 2 atom stereocenters. The van der Waals surface area contributed by atoms with E-state index in [0.717, 1.165) is 6.42 Å². The van der Waals surface area contributed by atoms with Crippen molar-refractivity contribution in [3.63, 3.8) is 0 Å². The molecule has 3 rings (SSSR count). The molecule has 0 saturated carbocycles. The summed E-state index contributed by atoms with van der Waals surface area (Å²) in [5.74, 6) is 1.00. The van der Waals surface area contributed by atoms with Gasteiger partial charge < -0.3 is 4.74 Å². The van der Waals surface area contributed by atoms with Crippen LogP contribution in [0.3, 0.4) is 0 Å². The zero-order valence-corrected chi connectivity index (χ0v) is 15.4. The lowest BCUT2D eigenvalue weighted by molar-refractivity contribution is 0.0825. The third-order valence-electron chi connectivity index (χ3n) is 4.24. The minimum absolute atomic E-state index is 0.00806. The fourth-order valence-electron chi connectivity index (χ4n) is 2.95. The monoisotopic (exact) mass is 370 g/mol. The molecule has 24 heavy (non-hydrogen) atoms. The van der Waals surface area contributed by atoms with Crippen LogP contribution in [-0.4, -0.2) is 25.9 Å². The van der Waals surface area contributed by atoms with E-state index in [1.807, 2.05) is 13.8 Å². The fraction of sp³-hybridized carbons (Fsp3) is 0.562. The van der Waals surface area contributed by atoms with Gasteiger partial charge in [-0.2, -0.15) is 5.10 Å².